The minimum absolute atomic E-state index is 0.393. The van der Waals surface area contributed by atoms with Gasteiger partial charge in [0.15, 0.2) is 5.13 Å². The van der Waals surface area contributed by atoms with Gasteiger partial charge in [0.1, 0.15) is 5.92 Å². The Hall–Kier alpha value is -1.14. The highest BCUT2D eigenvalue weighted by atomic mass is 32.1. The molecule has 110 valence electrons. The van der Waals surface area contributed by atoms with Crippen molar-refractivity contribution in [1.82, 2.24) is 9.88 Å². The van der Waals surface area contributed by atoms with Gasteiger partial charge in [0.05, 0.1) is 5.69 Å². The number of nitrogens with zero attached hydrogens (tertiary/aromatic N) is 2. The van der Waals surface area contributed by atoms with Gasteiger partial charge in [-0.1, -0.05) is 6.92 Å². The molecule has 1 saturated carbocycles. The van der Waals surface area contributed by atoms with E-state index in [1.165, 1.54) is 12.8 Å². The Labute approximate surface area is 123 Å². The van der Waals surface area contributed by atoms with Crippen LogP contribution in [0.3, 0.4) is 0 Å². The Morgan fingerprint density at radius 3 is 2.95 bits per heavy atom. The van der Waals surface area contributed by atoms with Crippen LogP contribution in [-0.4, -0.2) is 46.6 Å². The molecule has 0 radical (unpaired) electrons. The van der Waals surface area contributed by atoms with Crippen LogP contribution in [0.25, 0.3) is 0 Å². The van der Waals surface area contributed by atoms with E-state index in [1.807, 2.05) is 0 Å². The number of aromatic nitrogens is 1. The molecule has 0 spiro atoms. The first kappa shape index (κ1) is 13.8. The predicted molar refractivity (Wildman–Crippen MR) is 79.6 cm³/mol. The molecule has 1 fully saturated rings. The van der Waals surface area contributed by atoms with Crippen molar-refractivity contribution >= 4 is 22.4 Å². The first-order valence-electron chi connectivity index (χ1n) is 7.39. The molecule has 6 heteroatoms. The number of hydrogen-bond acceptors (Lipinski definition) is 5. The number of rotatable bonds is 7. The normalized spacial score (nSPS) is 21.2. The van der Waals surface area contributed by atoms with Crippen molar-refractivity contribution in [2.45, 2.75) is 44.6 Å². The summed E-state index contributed by atoms with van der Waals surface area (Å²) >= 11 is 1.62. The van der Waals surface area contributed by atoms with E-state index in [4.69, 9.17) is 5.11 Å². The van der Waals surface area contributed by atoms with Crippen LogP contribution in [-0.2, 0) is 11.2 Å². The number of thiazole rings is 1. The van der Waals surface area contributed by atoms with E-state index < -0.39 is 11.9 Å². The highest BCUT2D eigenvalue weighted by Crippen LogP contribution is 2.38. The second-order valence-electron chi connectivity index (χ2n) is 5.54. The van der Waals surface area contributed by atoms with Gasteiger partial charge in [0.25, 0.3) is 0 Å². The number of likely N-dealkylation sites (N-methyl/N-ethyl adjacent to an activating group) is 1. The maximum atomic E-state index is 11.1. The van der Waals surface area contributed by atoms with Crippen molar-refractivity contribution in [3.8, 4) is 0 Å². The quantitative estimate of drug-likeness (QED) is 0.807. The summed E-state index contributed by atoms with van der Waals surface area (Å²) in [6.07, 6.45) is 4.23. The first-order valence-corrected chi connectivity index (χ1v) is 8.21. The third-order valence-corrected chi connectivity index (χ3v) is 5.25. The van der Waals surface area contributed by atoms with Crippen LogP contribution in [0.2, 0.25) is 0 Å². The molecule has 0 saturated heterocycles. The number of anilines is 1. The monoisotopic (exact) mass is 295 g/mol. The molecule has 0 amide bonds. The minimum Gasteiger partial charge on any atom is -0.481 e. The molecule has 20 heavy (non-hydrogen) atoms. The molecule has 3 rings (SSSR count). The van der Waals surface area contributed by atoms with E-state index >= 15 is 0 Å². The SMILES string of the molecule is CCN(CCNc1nc2c(s1)CCC2C(=O)O)C1CC1. The van der Waals surface area contributed by atoms with Crippen LogP contribution < -0.4 is 5.32 Å². The first-order chi connectivity index (χ1) is 9.69. The van der Waals surface area contributed by atoms with Crippen LogP contribution in [0.5, 0.6) is 0 Å². The lowest BCUT2D eigenvalue weighted by atomic mass is 10.1. The Morgan fingerprint density at radius 2 is 2.30 bits per heavy atom. The predicted octanol–water partition coefficient (Wildman–Crippen LogP) is 2.15. The van der Waals surface area contributed by atoms with Crippen LogP contribution in [0.4, 0.5) is 5.13 Å². The Balaban J connectivity index is 1.54. The molecule has 1 aromatic rings. The fourth-order valence-corrected chi connectivity index (χ4v) is 3.95. The highest BCUT2D eigenvalue weighted by Gasteiger charge is 2.32. The van der Waals surface area contributed by atoms with Crippen molar-refractivity contribution in [1.29, 1.82) is 0 Å². The zero-order chi connectivity index (χ0) is 14.1. The van der Waals surface area contributed by atoms with E-state index in [-0.39, 0.29) is 0 Å². The van der Waals surface area contributed by atoms with E-state index in [1.54, 1.807) is 11.3 Å². The zero-order valence-corrected chi connectivity index (χ0v) is 12.6. The lowest BCUT2D eigenvalue weighted by molar-refractivity contribution is -0.138. The van der Waals surface area contributed by atoms with Gasteiger partial charge in [-0.15, -0.1) is 11.3 Å². The largest absolute Gasteiger partial charge is 0.481 e. The summed E-state index contributed by atoms with van der Waals surface area (Å²) < 4.78 is 0. The average molecular weight is 295 g/mol. The second kappa shape index (κ2) is 5.69. The van der Waals surface area contributed by atoms with Crippen LogP contribution in [0.1, 0.15) is 42.7 Å². The molecular formula is C14H21N3O2S. The van der Waals surface area contributed by atoms with Gasteiger partial charge in [-0.25, -0.2) is 4.98 Å². The molecule has 2 aliphatic carbocycles. The summed E-state index contributed by atoms with van der Waals surface area (Å²) in [5.74, 6) is -1.14. The van der Waals surface area contributed by atoms with Gasteiger partial charge in [-0.2, -0.15) is 0 Å². The van der Waals surface area contributed by atoms with Crippen LogP contribution in [0.15, 0.2) is 0 Å². The molecule has 0 bridgehead atoms. The van der Waals surface area contributed by atoms with Crippen molar-refractivity contribution in [2.75, 3.05) is 25.0 Å². The number of aliphatic carboxylic acids is 1. The van der Waals surface area contributed by atoms with Crippen molar-refractivity contribution in [3.05, 3.63) is 10.6 Å². The summed E-state index contributed by atoms with van der Waals surface area (Å²) in [7, 11) is 0. The maximum absolute atomic E-state index is 11.1. The van der Waals surface area contributed by atoms with E-state index in [0.717, 1.165) is 47.8 Å². The number of aryl methyl sites for hydroxylation is 1. The van der Waals surface area contributed by atoms with Crippen molar-refractivity contribution < 1.29 is 9.90 Å². The van der Waals surface area contributed by atoms with Crippen LogP contribution in [0, 0.1) is 0 Å². The average Bonchev–Trinajstić information content (AvgIpc) is 3.05. The fraction of sp³-hybridized carbons (Fsp3) is 0.714. The lowest BCUT2D eigenvalue weighted by Crippen LogP contribution is -2.30. The fourth-order valence-electron chi connectivity index (χ4n) is 2.89. The van der Waals surface area contributed by atoms with Gasteiger partial charge in [0.2, 0.25) is 0 Å². The smallest absolute Gasteiger partial charge is 0.312 e. The lowest BCUT2D eigenvalue weighted by Gasteiger charge is -2.19. The van der Waals surface area contributed by atoms with Crippen molar-refractivity contribution in [3.63, 3.8) is 0 Å². The Bertz CT molecular complexity index is 499. The molecule has 2 N–H and O–H groups in total. The molecule has 5 nitrogen and oxygen atoms in total. The summed E-state index contributed by atoms with van der Waals surface area (Å²) in [4.78, 5) is 19.3. The van der Waals surface area contributed by atoms with Crippen molar-refractivity contribution in [2.24, 2.45) is 0 Å². The molecule has 0 aromatic carbocycles. The highest BCUT2D eigenvalue weighted by molar-refractivity contribution is 7.15. The number of fused-ring (bicyclic) bond motifs is 1. The number of carboxylic acid groups (broad SMARTS) is 1. The number of carbonyl (C=O) groups is 1. The molecule has 1 heterocycles. The molecule has 2 aliphatic rings. The number of nitrogens with one attached hydrogen (secondary N) is 1. The molecule has 1 atom stereocenters. The minimum atomic E-state index is -0.744. The number of hydrogen-bond donors (Lipinski definition) is 2. The van der Waals surface area contributed by atoms with Gasteiger partial charge >= 0.3 is 5.97 Å². The molecule has 1 aromatic heterocycles. The third-order valence-electron chi connectivity index (χ3n) is 4.16. The maximum Gasteiger partial charge on any atom is 0.312 e. The molecule has 0 aliphatic heterocycles. The topological polar surface area (TPSA) is 65.5 Å². The van der Waals surface area contributed by atoms with E-state index in [9.17, 15) is 4.79 Å². The number of carboxylic acids is 1. The van der Waals surface area contributed by atoms with Gasteiger partial charge in [0, 0.05) is 24.0 Å². The molecular weight excluding hydrogens is 274 g/mol. The van der Waals surface area contributed by atoms with E-state index in [0.29, 0.717) is 6.42 Å². The van der Waals surface area contributed by atoms with E-state index in [2.05, 4.69) is 22.1 Å². The zero-order valence-electron chi connectivity index (χ0n) is 11.8. The summed E-state index contributed by atoms with van der Waals surface area (Å²) in [5, 5.41) is 13.4. The van der Waals surface area contributed by atoms with Crippen LogP contribution >= 0.6 is 11.3 Å². The standard InChI is InChI=1S/C14H21N3O2S/c1-2-17(9-3-4-9)8-7-15-14-16-12-10(13(18)19)5-6-11(12)20-14/h9-10H,2-8H2,1H3,(H,15,16)(H,18,19). The summed E-state index contributed by atoms with van der Waals surface area (Å²) in [5.41, 5.74) is 0.791. The van der Waals surface area contributed by atoms with Gasteiger partial charge in [-0.05, 0) is 32.2 Å². The summed E-state index contributed by atoms with van der Waals surface area (Å²) in [6, 6.07) is 0.791. The van der Waals surface area contributed by atoms with Gasteiger partial charge in [-0.3, -0.25) is 9.69 Å². The Kier molecular flexibility index (Phi) is 3.94. The summed E-state index contributed by atoms with van der Waals surface area (Å²) in [6.45, 7) is 5.22. The molecule has 1 unspecified atom stereocenters. The van der Waals surface area contributed by atoms with Gasteiger partial charge < -0.3 is 10.4 Å². The second-order valence-corrected chi connectivity index (χ2v) is 6.63. The Morgan fingerprint density at radius 1 is 1.50 bits per heavy atom. The third kappa shape index (κ3) is 2.81.